The summed E-state index contributed by atoms with van der Waals surface area (Å²) >= 11 is 1.45. The monoisotopic (exact) mass is 509 g/mol. The summed E-state index contributed by atoms with van der Waals surface area (Å²) in [5.74, 6) is 0.0718. The Bertz CT molecular complexity index is 1070. The van der Waals surface area contributed by atoms with E-state index in [1.54, 1.807) is 4.90 Å². The molecule has 4 rings (SSSR count). The molecule has 1 fully saturated rings. The zero-order valence-corrected chi connectivity index (χ0v) is 20.9. The molecular weight excluding hydrogens is 479 g/mol. The number of hydrogen-bond donors (Lipinski definition) is 1. The van der Waals surface area contributed by atoms with Crippen LogP contribution in [-0.2, 0) is 22.2 Å². The molecular formula is C24H30F3N5O2S. The summed E-state index contributed by atoms with van der Waals surface area (Å²) in [6.45, 7) is 7.92. The number of alkyl halides is 3. The van der Waals surface area contributed by atoms with Crippen LogP contribution in [0.4, 0.5) is 24.1 Å². The number of aryl methyl sites for hydroxylation is 1. The van der Waals surface area contributed by atoms with E-state index < -0.39 is 11.7 Å². The fourth-order valence-electron chi connectivity index (χ4n) is 4.47. The Morgan fingerprint density at radius 2 is 1.86 bits per heavy atom. The van der Waals surface area contributed by atoms with E-state index in [2.05, 4.69) is 15.3 Å². The van der Waals surface area contributed by atoms with Gasteiger partial charge in [0.2, 0.25) is 11.8 Å². The number of amides is 2. The third kappa shape index (κ3) is 6.12. The molecule has 0 spiro atoms. The molecule has 2 aromatic rings. The second-order valence-electron chi connectivity index (χ2n) is 10.3. The van der Waals surface area contributed by atoms with Crippen LogP contribution in [0.1, 0.15) is 62.1 Å². The fraction of sp³-hybridized carbons (Fsp3) is 0.583. The topological polar surface area (TPSA) is 78.4 Å². The van der Waals surface area contributed by atoms with Crippen LogP contribution in [0.25, 0.3) is 0 Å². The number of rotatable bonds is 4. The van der Waals surface area contributed by atoms with Crippen molar-refractivity contribution in [1.29, 1.82) is 0 Å². The Morgan fingerprint density at radius 1 is 1.14 bits per heavy atom. The van der Waals surface area contributed by atoms with Crippen molar-refractivity contribution < 1.29 is 22.8 Å². The highest BCUT2D eigenvalue weighted by Gasteiger charge is 2.35. The Balaban J connectivity index is 1.38. The molecule has 1 N–H and O–H groups in total. The van der Waals surface area contributed by atoms with Gasteiger partial charge in [0.05, 0.1) is 17.2 Å². The van der Waals surface area contributed by atoms with E-state index in [9.17, 15) is 22.8 Å². The van der Waals surface area contributed by atoms with Crippen LogP contribution >= 0.6 is 11.3 Å². The lowest BCUT2D eigenvalue weighted by atomic mass is 9.89. The minimum Gasteiger partial charge on any atom is -0.353 e. The number of nitrogens with zero attached hydrogens (tertiary/aromatic N) is 4. The molecule has 0 saturated carbocycles. The highest BCUT2D eigenvalue weighted by atomic mass is 32.1. The number of fused-ring (bicyclic) bond motifs is 1. The van der Waals surface area contributed by atoms with Gasteiger partial charge in [-0.1, -0.05) is 20.8 Å². The number of pyridine rings is 1. The quantitative estimate of drug-likeness (QED) is 0.647. The van der Waals surface area contributed by atoms with Crippen molar-refractivity contribution in [1.82, 2.24) is 14.9 Å². The summed E-state index contributed by atoms with van der Waals surface area (Å²) in [7, 11) is 0. The molecule has 1 aliphatic heterocycles. The normalized spacial score (nSPS) is 18.9. The van der Waals surface area contributed by atoms with Gasteiger partial charge in [-0.05, 0) is 36.8 Å². The Hall–Kier alpha value is -2.69. The molecule has 2 aliphatic rings. The van der Waals surface area contributed by atoms with Crippen molar-refractivity contribution >= 4 is 34.1 Å². The third-order valence-electron chi connectivity index (χ3n) is 6.18. The summed E-state index contributed by atoms with van der Waals surface area (Å²) < 4.78 is 38.4. The van der Waals surface area contributed by atoms with Gasteiger partial charge in [-0.25, -0.2) is 9.97 Å². The van der Waals surface area contributed by atoms with E-state index in [0.29, 0.717) is 50.0 Å². The second-order valence-corrected chi connectivity index (χ2v) is 11.4. The van der Waals surface area contributed by atoms with Gasteiger partial charge < -0.3 is 15.1 Å². The van der Waals surface area contributed by atoms with Gasteiger partial charge >= 0.3 is 6.18 Å². The molecule has 2 amide bonds. The largest absolute Gasteiger partial charge is 0.417 e. The SMILES string of the molecule is CC(C)(C)CC(=O)Nc1nc2c(s1)CCCC2C(=O)N1CCN(c2ccc(C(F)(F)F)cn2)CC1. The maximum atomic E-state index is 13.4. The van der Waals surface area contributed by atoms with Crippen molar-refractivity contribution in [3.8, 4) is 0 Å². The summed E-state index contributed by atoms with van der Waals surface area (Å²) in [5, 5.41) is 3.44. The predicted molar refractivity (Wildman–Crippen MR) is 129 cm³/mol. The molecule has 1 saturated heterocycles. The molecule has 0 radical (unpaired) electrons. The van der Waals surface area contributed by atoms with Crippen molar-refractivity contribution in [2.75, 3.05) is 36.4 Å². The van der Waals surface area contributed by atoms with Crippen LogP contribution in [-0.4, -0.2) is 52.9 Å². The average Bonchev–Trinajstić information content (AvgIpc) is 3.19. The standard InChI is InChI=1S/C24H30F3N5O2S/c1-23(2,3)13-19(33)29-22-30-20-16(5-4-6-17(20)35-22)21(34)32-11-9-31(10-12-32)18-8-7-15(14-28-18)24(25,26)27/h7-8,14,16H,4-6,9-13H2,1-3H3,(H,29,30,33). The first-order valence-corrected chi connectivity index (χ1v) is 12.6. The minimum absolute atomic E-state index is 0.0175. The number of anilines is 2. The van der Waals surface area contributed by atoms with E-state index in [1.807, 2.05) is 25.7 Å². The van der Waals surface area contributed by atoms with Crippen molar-refractivity contribution in [2.45, 2.75) is 58.5 Å². The molecule has 2 aromatic heterocycles. The second kappa shape index (κ2) is 9.75. The smallest absolute Gasteiger partial charge is 0.353 e. The average molecular weight is 510 g/mol. The van der Waals surface area contributed by atoms with Gasteiger partial charge in [-0.3, -0.25) is 9.59 Å². The zero-order chi connectivity index (χ0) is 25.4. The molecule has 0 bridgehead atoms. The maximum Gasteiger partial charge on any atom is 0.417 e. The number of nitrogens with one attached hydrogen (secondary N) is 1. The van der Waals surface area contributed by atoms with Gasteiger partial charge in [0.15, 0.2) is 5.13 Å². The lowest BCUT2D eigenvalue weighted by Gasteiger charge is -2.37. The van der Waals surface area contributed by atoms with Crippen LogP contribution in [0.3, 0.4) is 0 Å². The van der Waals surface area contributed by atoms with Gasteiger partial charge in [0.25, 0.3) is 0 Å². The summed E-state index contributed by atoms with van der Waals surface area (Å²) in [6.07, 6.45) is -0.740. The van der Waals surface area contributed by atoms with E-state index in [-0.39, 0.29) is 23.1 Å². The minimum atomic E-state index is -4.42. The number of aromatic nitrogens is 2. The number of halogens is 3. The first-order chi connectivity index (χ1) is 16.4. The highest BCUT2D eigenvalue weighted by Crippen LogP contribution is 2.38. The van der Waals surface area contributed by atoms with Crippen LogP contribution in [0.5, 0.6) is 0 Å². The van der Waals surface area contributed by atoms with E-state index in [1.165, 1.54) is 17.4 Å². The van der Waals surface area contributed by atoms with E-state index in [0.717, 1.165) is 35.7 Å². The highest BCUT2D eigenvalue weighted by molar-refractivity contribution is 7.15. The maximum absolute atomic E-state index is 13.4. The molecule has 35 heavy (non-hydrogen) atoms. The lowest BCUT2D eigenvalue weighted by Crippen LogP contribution is -2.50. The molecule has 1 atom stereocenters. The van der Waals surface area contributed by atoms with Crippen molar-refractivity contribution in [3.63, 3.8) is 0 Å². The Kier molecular flexibility index (Phi) is 7.08. The first kappa shape index (κ1) is 25.4. The zero-order valence-electron chi connectivity index (χ0n) is 20.1. The van der Waals surface area contributed by atoms with Gasteiger partial charge in [0.1, 0.15) is 5.82 Å². The van der Waals surface area contributed by atoms with E-state index in [4.69, 9.17) is 0 Å². The number of thiazole rings is 1. The lowest BCUT2D eigenvalue weighted by molar-refractivity contribution is -0.138. The van der Waals surface area contributed by atoms with Gasteiger partial charge in [-0.15, -0.1) is 11.3 Å². The van der Waals surface area contributed by atoms with Crippen molar-refractivity contribution in [3.05, 3.63) is 34.5 Å². The number of piperazine rings is 1. The third-order valence-corrected chi connectivity index (χ3v) is 7.23. The van der Waals surface area contributed by atoms with Crippen molar-refractivity contribution in [2.24, 2.45) is 5.41 Å². The molecule has 7 nitrogen and oxygen atoms in total. The van der Waals surface area contributed by atoms with Crippen LogP contribution in [0.2, 0.25) is 0 Å². The van der Waals surface area contributed by atoms with Crippen LogP contribution < -0.4 is 10.2 Å². The summed E-state index contributed by atoms with van der Waals surface area (Å²) in [6, 6.07) is 2.40. The summed E-state index contributed by atoms with van der Waals surface area (Å²) in [4.78, 5) is 39.1. The Morgan fingerprint density at radius 3 is 2.46 bits per heavy atom. The molecule has 190 valence electrons. The fourth-order valence-corrected chi connectivity index (χ4v) is 5.56. The van der Waals surface area contributed by atoms with E-state index >= 15 is 0 Å². The molecule has 1 unspecified atom stereocenters. The Labute approximate surface area is 206 Å². The number of carbonyl (C=O) groups is 2. The van der Waals surface area contributed by atoms with Crippen LogP contribution in [0.15, 0.2) is 18.3 Å². The predicted octanol–water partition coefficient (Wildman–Crippen LogP) is 4.70. The number of hydrogen-bond acceptors (Lipinski definition) is 6. The van der Waals surface area contributed by atoms with Gasteiger partial charge in [0, 0.05) is 43.7 Å². The molecule has 1 aliphatic carbocycles. The molecule has 11 heteroatoms. The first-order valence-electron chi connectivity index (χ1n) is 11.8. The molecule has 0 aromatic carbocycles. The van der Waals surface area contributed by atoms with Gasteiger partial charge in [-0.2, -0.15) is 13.2 Å². The molecule has 3 heterocycles. The van der Waals surface area contributed by atoms with Crippen LogP contribution in [0, 0.1) is 5.41 Å². The number of carbonyl (C=O) groups excluding carboxylic acids is 2. The summed E-state index contributed by atoms with van der Waals surface area (Å²) in [5.41, 5.74) is -0.137.